The summed E-state index contributed by atoms with van der Waals surface area (Å²) in [6, 6.07) is 17.0. The highest BCUT2D eigenvalue weighted by Crippen LogP contribution is 2.27. The fraction of sp³-hybridized carbons (Fsp3) is 0.160. The van der Waals surface area contributed by atoms with Crippen molar-refractivity contribution >= 4 is 6.08 Å². The molecule has 1 aliphatic heterocycles. The van der Waals surface area contributed by atoms with Gasteiger partial charge >= 0.3 is 0 Å². The fourth-order valence-electron chi connectivity index (χ4n) is 3.69. The summed E-state index contributed by atoms with van der Waals surface area (Å²) in [5, 5.41) is 0. The van der Waals surface area contributed by atoms with Crippen LogP contribution in [0.4, 0.5) is 0 Å². The molecule has 0 bridgehead atoms. The molecule has 0 radical (unpaired) electrons. The number of aryl methyl sites for hydroxylation is 2. The predicted molar refractivity (Wildman–Crippen MR) is 119 cm³/mol. The van der Waals surface area contributed by atoms with Gasteiger partial charge in [0.1, 0.15) is 11.6 Å². The molecule has 5 heteroatoms. The molecule has 0 atom stereocenters. The summed E-state index contributed by atoms with van der Waals surface area (Å²) in [7, 11) is 0. The Balaban J connectivity index is 1.34. The van der Waals surface area contributed by atoms with Gasteiger partial charge in [-0.05, 0) is 48.2 Å². The molecule has 0 aliphatic carbocycles. The van der Waals surface area contributed by atoms with Gasteiger partial charge in [-0.1, -0.05) is 42.5 Å². The Morgan fingerprint density at radius 1 is 0.900 bits per heavy atom. The number of imidazole rings is 1. The van der Waals surface area contributed by atoms with Crippen LogP contribution in [0.3, 0.4) is 0 Å². The van der Waals surface area contributed by atoms with Gasteiger partial charge in [-0.2, -0.15) is 0 Å². The van der Waals surface area contributed by atoms with Crippen LogP contribution in [0.25, 0.3) is 28.6 Å². The Labute approximate surface area is 176 Å². The Bertz CT molecular complexity index is 1210. The first kappa shape index (κ1) is 18.3. The fourth-order valence-corrected chi connectivity index (χ4v) is 3.69. The number of rotatable bonds is 4. The second-order valence-corrected chi connectivity index (χ2v) is 7.71. The van der Waals surface area contributed by atoms with Gasteiger partial charge in [0.15, 0.2) is 0 Å². The largest absolute Gasteiger partial charge is 0.364 e. The number of fused-ring (bicyclic) bond motifs is 1. The quantitative estimate of drug-likeness (QED) is 0.522. The zero-order chi connectivity index (χ0) is 20.5. The molecule has 148 valence electrons. The Morgan fingerprint density at radius 3 is 2.40 bits per heavy atom. The minimum atomic E-state index is 0.670. The molecule has 1 aliphatic rings. The van der Waals surface area contributed by atoms with E-state index in [1.54, 1.807) is 12.4 Å². The maximum atomic E-state index is 4.85. The summed E-state index contributed by atoms with van der Waals surface area (Å²) in [5.41, 5.74) is 8.28. The molecule has 2 aromatic heterocycles. The highest BCUT2D eigenvalue weighted by atomic mass is 15.2. The number of nitrogens with zero attached hydrogens (tertiary/aromatic N) is 4. The van der Waals surface area contributed by atoms with E-state index >= 15 is 0 Å². The van der Waals surface area contributed by atoms with E-state index in [-0.39, 0.29) is 0 Å². The van der Waals surface area contributed by atoms with E-state index in [1.165, 1.54) is 22.3 Å². The second-order valence-electron chi connectivity index (χ2n) is 7.71. The lowest BCUT2D eigenvalue weighted by atomic mass is 9.99. The number of aromatic nitrogens is 4. The molecular formula is C25H23N5. The Hall–Kier alpha value is -3.73. The number of hydrogen-bond acceptors (Lipinski definition) is 4. The Morgan fingerprint density at radius 2 is 1.63 bits per heavy atom. The molecule has 3 heterocycles. The molecule has 4 aromatic rings. The number of nitrogens with one attached hydrogen (secondary N) is 1. The van der Waals surface area contributed by atoms with E-state index in [0.717, 1.165) is 35.1 Å². The molecule has 1 N–H and O–H groups in total. The minimum absolute atomic E-state index is 0.670. The van der Waals surface area contributed by atoms with Crippen molar-refractivity contribution in [3.63, 3.8) is 0 Å². The van der Waals surface area contributed by atoms with E-state index in [4.69, 9.17) is 4.98 Å². The van der Waals surface area contributed by atoms with Crippen LogP contribution in [0.5, 0.6) is 0 Å². The van der Waals surface area contributed by atoms with Gasteiger partial charge < -0.3 is 9.88 Å². The van der Waals surface area contributed by atoms with Crippen LogP contribution in [-0.4, -0.2) is 24.8 Å². The van der Waals surface area contributed by atoms with Gasteiger partial charge in [-0.15, -0.1) is 0 Å². The number of H-pyrrole nitrogens is 1. The SMILES string of the molecule is Cc1ccc(-c2ccc(-c3nc4c([nH]3)C=CN(Cc3ncccn3)C4)cc2)cc1C. The summed E-state index contributed by atoms with van der Waals surface area (Å²) in [6.07, 6.45) is 7.69. The molecule has 2 aromatic carbocycles. The third-order valence-corrected chi connectivity index (χ3v) is 5.58. The smallest absolute Gasteiger partial charge is 0.147 e. The van der Waals surface area contributed by atoms with Gasteiger partial charge in [0.25, 0.3) is 0 Å². The van der Waals surface area contributed by atoms with Gasteiger partial charge in [0.2, 0.25) is 0 Å². The molecule has 0 amide bonds. The Kier molecular flexibility index (Phi) is 4.64. The molecule has 0 fully saturated rings. The molecule has 0 saturated heterocycles. The van der Waals surface area contributed by atoms with Gasteiger partial charge in [-0.25, -0.2) is 15.0 Å². The van der Waals surface area contributed by atoms with Crippen LogP contribution in [0.2, 0.25) is 0 Å². The summed E-state index contributed by atoms with van der Waals surface area (Å²) >= 11 is 0. The highest BCUT2D eigenvalue weighted by Gasteiger charge is 2.17. The van der Waals surface area contributed by atoms with E-state index in [2.05, 4.69) is 88.4 Å². The minimum Gasteiger partial charge on any atom is -0.364 e. The molecule has 0 saturated carbocycles. The van der Waals surface area contributed by atoms with Gasteiger partial charge in [0.05, 0.1) is 24.5 Å². The van der Waals surface area contributed by atoms with Crippen molar-refractivity contribution in [2.45, 2.75) is 26.9 Å². The molecule has 5 nitrogen and oxygen atoms in total. The molecule has 5 rings (SSSR count). The topological polar surface area (TPSA) is 57.7 Å². The average molecular weight is 393 g/mol. The van der Waals surface area contributed by atoms with Crippen molar-refractivity contribution in [2.24, 2.45) is 0 Å². The maximum absolute atomic E-state index is 4.85. The number of benzene rings is 2. The molecule has 30 heavy (non-hydrogen) atoms. The normalized spacial score (nSPS) is 12.8. The zero-order valence-corrected chi connectivity index (χ0v) is 17.1. The van der Waals surface area contributed by atoms with Crippen LogP contribution in [-0.2, 0) is 13.1 Å². The van der Waals surface area contributed by atoms with Crippen molar-refractivity contribution in [1.29, 1.82) is 0 Å². The van der Waals surface area contributed by atoms with E-state index < -0.39 is 0 Å². The number of aromatic amines is 1. The maximum Gasteiger partial charge on any atom is 0.147 e. The van der Waals surface area contributed by atoms with Crippen LogP contribution in [0.15, 0.2) is 67.1 Å². The lowest BCUT2D eigenvalue weighted by Crippen LogP contribution is -2.20. The third kappa shape index (κ3) is 3.62. The van der Waals surface area contributed by atoms with E-state index in [9.17, 15) is 0 Å². The summed E-state index contributed by atoms with van der Waals surface area (Å²) in [4.78, 5) is 19.1. The molecule has 0 unspecified atom stereocenters. The molecule has 0 spiro atoms. The average Bonchev–Trinajstić information content (AvgIpc) is 3.20. The zero-order valence-electron chi connectivity index (χ0n) is 17.1. The summed E-state index contributed by atoms with van der Waals surface area (Å²) in [6.45, 7) is 5.70. The summed E-state index contributed by atoms with van der Waals surface area (Å²) < 4.78 is 0. The molecular weight excluding hydrogens is 370 g/mol. The van der Waals surface area contributed by atoms with E-state index in [0.29, 0.717) is 6.54 Å². The third-order valence-electron chi connectivity index (χ3n) is 5.58. The lowest BCUT2D eigenvalue weighted by molar-refractivity contribution is 0.346. The highest BCUT2D eigenvalue weighted by molar-refractivity contribution is 5.69. The lowest BCUT2D eigenvalue weighted by Gasteiger charge is -2.21. The van der Waals surface area contributed by atoms with Crippen molar-refractivity contribution in [1.82, 2.24) is 24.8 Å². The van der Waals surface area contributed by atoms with Crippen molar-refractivity contribution < 1.29 is 0 Å². The van der Waals surface area contributed by atoms with Crippen LogP contribution in [0, 0.1) is 13.8 Å². The van der Waals surface area contributed by atoms with Crippen molar-refractivity contribution in [3.8, 4) is 22.5 Å². The van der Waals surface area contributed by atoms with Gasteiger partial charge in [-0.3, -0.25) is 0 Å². The monoisotopic (exact) mass is 393 g/mol. The van der Waals surface area contributed by atoms with Crippen molar-refractivity contribution in [2.75, 3.05) is 0 Å². The first-order chi connectivity index (χ1) is 14.7. The summed E-state index contributed by atoms with van der Waals surface area (Å²) in [5.74, 6) is 1.71. The standard InChI is InChI=1S/C25H23N5/c1-17-4-5-21(14-18(17)2)19-6-8-20(9-7-19)25-28-22-10-13-30(15-23(22)29-25)16-24-26-11-3-12-27-24/h3-14H,15-16H2,1-2H3,(H,28,29). The van der Waals surface area contributed by atoms with E-state index in [1.807, 2.05) is 6.07 Å². The second kappa shape index (κ2) is 7.59. The van der Waals surface area contributed by atoms with Crippen LogP contribution < -0.4 is 0 Å². The van der Waals surface area contributed by atoms with Crippen LogP contribution in [0.1, 0.15) is 28.3 Å². The number of hydrogen-bond donors (Lipinski definition) is 1. The predicted octanol–water partition coefficient (Wildman–Crippen LogP) is 5.14. The van der Waals surface area contributed by atoms with Crippen LogP contribution >= 0.6 is 0 Å². The first-order valence-corrected chi connectivity index (χ1v) is 10.1. The van der Waals surface area contributed by atoms with Crippen molar-refractivity contribution in [3.05, 3.63) is 95.5 Å². The van der Waals surface area contributed by atoms with Gasteiger partial charge in [0, 0.05) is 24.2 Å². The first-order valence-electron chi connectivity index (χ1n) is 10.1.